The van der Waals surface area contributed by atoms with Crippen LogP contribution in [-0.2, 0) is 9.59 Å². The Kier molecular flexibility index (Phi) is 11.1. The molecule has 34 heavy (non-hydrogen) atoms. The molecule has 1 amide bonds. The van der Waals surface area contributed by atoms with E-state index in [-0.39, 0.29) is 41.3 Å². The Balaban J connectivity index is 0.000000758. The minimum atomic E-state index is -0.833. The van der Waals surface area contributed by atoms with Crippen molar-refractivity contribution in [3.8, 4) is 11.1 Å². The van der Waals surface area contributed by atoms with Crippen molar-refractivity contribution in [2.75, 3.05) is 6.26 Å². The van der Waals surface area contributed by atoms with Crippen LogP contribution in [-0.4, -0.2) is 28.4 Å². The summed E-state index contributed by atoms with van der Waals surface area (Å²) in [4.78, 5) is 27.2. The summed E-state index contributed by atoms with van der Waals surface area (Å²) >= 11 is 2.86. The second kappa shape index (κ2) is 13.5. The van der Waals surface area contributed by atoms with Gasteiger partial charge in [-0.1, -0.05) is 24.3 Å². The van der Waals surface area contributed by atoms with Crippen LogP contribution in [0, 0.1) is 11.9 Å². The minimum absolute atomic E-state index is 0. The summed E-state index contributed by atoms with van der Waals surface area (Å²) in [5, 5.41) is 10.6. The Morgan fingerprint density at radius 2 is 1.74 bits per heavy atom. The van der Waals surface area contributed by atoms with E-state index in [4.69, 9.17) is 9.90 Å². The average molecular weight is 503 g/mol. The molecule has 3 aromatic rings. The van der Waals surface area contributed by atoms with Crippen LogP contribution in [0.4, 0.5) is 10.1 Å². The van der Waals surface area contributed by atoms with E-state index < -0.39 is 5.97 Å². The number of aliphatic carboxylic acids is 1. The molecular formula is C25H20FN2NaO3S2. The molecule has 2 N–H and O–H groups in total. The van der Waals surface area contributed by atoms with Crippen molar-refractivity contribution in [2.45, 2.75) is 11.8 Å². The predicted molar refractivity (Wildman–Crippen MR) is 133 cm³/mol. The number of amidine groups is 1. The molecule has 3 aromatic carbocycles. The van der Waals surface area contributed by atoms with E-state index in [0.29, 0.717) is 15.6 Å². The normalized spacial score (nSPS) is 14.7. The largest absolute Gasteiger partial charge is 1.00 e. The molecule has 5 nitrogen and oxygen atoms in total. The van der Waals surface area contributed by atoms with Crippen LogP contribution in [0.2, 0.25) is 0 Å². The van der Waals surface area contributed by atoms with E-state index >= 15 is 0 Å². The van der Waals surface area contributed by atoms with Crippen molar-refractivity contribution >= 4 is 52.3 Å². The maximum absolute atomic E-state index is 14.7. The molecule has 168 valence electrons. The third-order valence-electron chi connectivity index (χ3n) is 4.29. The Hall–Kier alpha value is -2.36. The second-order valence-electron chi connectivity index (χ2n) is 6.72. The van der Waals surface area contributed by atoms with Gasteiger partial charge in [-0.3, -0.25) is 14.6 Å². The third-order valence-corrected chi connectivity index (χ3v) is 5.95. The van der Waals surface area contributed by atoms with Gasteiger partial charge in [-0.15, -0.1) is 23.9 Å². The molecule has 1 aliphatic rings. The number of benzene rings is 3. The van der Waals surface area contributed by atoms with Crippen LogP contribution in [0.15, 0.2) is 81.5 Å². The average Bonchev–Trinajstić information content (AvgIpc) is 3.14. The first-order valence-corrected chi connectivity index (χ1v) is 11.8. The van der Waals surface area contributed by atoms with Crippen molar-refractivity contribution in [3.63, 3.8) is 0 Å². The van der Waals surface area contributed by atoms with Crippen LogP contribution in [0.3, 0.4) is 0 Å². The number of nitrogens with zero attached hydrogens (tertiary/aromatic N) is 1. The molecule has 0 aliphatic carbocycles. The third kappa shape index (κ3) is 8.14. The first kappa shape index (κ1) is 27.9. The predicted octanol–water partition coefficient (Wildman–Crippen LogP) is 3.00. The minimum Gasteiger partial charge on any atom is -0.481 e. The van der Waals surface area contributed by atoms with Crippen molar-refractivity contribution in [3.05, 3.63) is 89.1 Å². The first-order valence-electron chi connectivity index (χ1n) is 9.75. The number of carboxylic acid groups (broad SMARTS) is 1. The van der Waals surface area contributed by atoms with Crippen molar-refractivity contribution in [1.29, 1.82) is 0 Å². The quantitative estimate of drug-likeness (QED) is 0.248. The molecule has 1 heterocycles. The maximum atomic E-state index is 14.7. The van der Waals surface area contributed by atoms with Crippen molar-refractivity contribution < 1.29 is 48.6 Å². The van der Waals surface area contributed by atoms with Crippen LogP contribution < -0.4 is 34.9 Å². The SMILES string of the molecule is CC(=O)O.CSc1ccc(-c2ccc(C=C3SC(=Nc4cc[c-]cc4)NC3=O)c(F)c2)cc1.[Na+]. The first-order chi connectivity index (χ1) is 15.9. The van der Waals surface area contributed by atoms with E-state index in [0.717, 1.165) is 28.6 Å². The Labute approximate surface area is 228 Å². The zero-order valence-corrected chi connectivity index (χ0v) is 22.5. The number of carbonyl (C=O) groups is 2. The molecular weight excluding hydrogens is 482 g/mol. The van der Waals surface area contributed by atoms with Gasteiger partial charge in [0.25, 0.3) is 11.9 Å². The molecule has 0 radical (unpaired) electrons. The van der Waals surface area contributed by atoms with Gasteiger partial charge in [-0.05, 0) is 59.1 Å². The second-order valence-corrected chi connectivity index (χ2v) is 8.63. The monoisotopic (exact) mass is 502 g/mol. The number of rotatable bonds is 4. The van der Waals surface area contributed by atoms with Gasteiger partial charge < -0.3 is 10.4 Å². The van der Waals surface area contributed by atoms with Gasteiger partial charge in [0, 0.05) is 17.4 Å². The molecule has 4 rings (SSSR count). The standard InChI is InChI=1S/C23H16FN2OS2.C2H4O2.Na/c1-28-19-11-9-15(10-12-19)16-7-8-17(20(24)13-16)14-21-22(27)26-23(29-21)25-18-5-3-2-4-6-18;1-2(3)4;/h3-14H,1H3,(H,25,26,27);1H3,(H,3,4);/q-1;;+1. The number of carbonyl (C=O) groups excluding carboxylic acids is 1. The van der Waals surface area contributed by atoms with Gasteiger partial charge >= 0.3 is 29.6 Å². The van der Waals surface area contributed by atoms with Gasteiger partial charge in [0.15, 0.2) is 5.17 Å². The van der Waals surface area contributed by atoms with Crippen molar-refractivity contribution in [1.82, 2.24) is 5.32 Å². The number of amides is 1. The molecule has 0 saturated carbocycles. The van der Waals surface area contributed by atoms with E-state index in [2.05, 4.69) is 16.4 Å². The molecule has 0 aromatic heterocycles. The van der Waals surface area contributed by atoms with Gasteiger partial charge in [0.1, 0.15) is 5.82 Å². The van der Waals surface area contributed by atoms with E-state index in [1.165, 1.54) is 17.8 Å². The van der Waals surface area contributed by atoms with Crippen molar-refractivity contribution in [2.24, 2.45) is 4.99 Å². The summed E-state index contributed by atoms with van der Waals surface area (Å²) in [5.74, 6) is -1.49. The fourth-order valence-electron chi connectivity index (χ4n) is 2.80. The molecule has 1 fully saturated rings. The van der Waals surface area contributed by atoms with E-state index in [1.807, 2.05) is 36.6 Å². The van der Waals surface area contributed by atoms with Gasteiger partial charge in [0.2, 0.25) is 0 Å². The van der Waals surface area contributed by atoms with Crippen LogP contribution in [0.5, 0.6) is 0 Å². The van der Waals surface area contributed by atoms with Gasteiger partial charge in [-0.2, -0.15) is 18.2 Å². The zero-order chi connectivity index (χ0) is 23.8. The molecule has 9 heteroatoms. The van der Waals surface area contributed by atoms with Crippen LogP contribution in [0.25, 0.3) is 17.2 Å². The molecule has 0 atom stereocenters. The summed E-state index contributed by atoms with van der Waals surface area (Å²) < 4.78 is 14.7. The summed E-state index contributed by atoms with van der Waals surface area (Å²) in [6.45, 7) is 1.08. The molecule has 0 unspecified atom stereocenters. The fraction of sp³-hybridized carbons (Fsp3) is 0.0800. The number of aliphatic imine (C=N–C) groups is 1. The molecule has 1 saturated heterocycles. The van der Waals surface area contributed by atoms with E-state index in [1.54, 1.807) is 48.2 Å². The summed E-state index contributed by atoms with van der Waals surface area (Å²) in [6.07, 6.45) is 3.57. The summed E-state index contributed by atoms with van der Waals surface area (Å²) in [7, 11) is 0. The Morgan fingerprint density at radius 1 is 1.12 bits per heavy atom. The molecule has 0 spiro atoms. The molecule has 1 aliphatic heterocycles. The van der Waals surface area contributed by atoms with E-state index in [9.17, 15) is 9.18 Å². The van der Waals surface area contributed by atoms with Crippen LogP contribution >= 0.6 is 23.5 Å². The van der Waals surface area contributed by atoms with Gasteiger partial charge in [-0.25, -0.2) is 4.39 Å². The summed E-state index contributed by atoms with van der Waals surface area (Å²) in [6, 6.07) is 23.0. The summed E-state index contributed by atoms with van der Waals surface area (Å²) in [5.41, 5.74) is 2.82. The van der Waals surface area contributed by atoms with Gasteiger partial charge in [0.05, 0.1) is 4.91 Å². The fourth-order valence-corrected chi connectivity index (χ4v) is 4.04. The number of halogens is 1. The Morgan fingerprint density at radius 3 is 2.32 bits per heavy atom. The number of nitrogens with one attached hydrogen (secondary N) is 1. The maximum Gasteiger partial charge on any atom is 1.00 e. The molecule has 0 bridgehead atoms. The number of thioether (sulfide) groups is 2. The number of hydrogen-bond donors (Lipinski definition) is 2. The number of hydrogen-bond acceptors (Lipinski definition) is 5. The topological polar surface area (TPSA) is 78.8 Å². The van der Waals surface area contributed by atoms with Crippen LogP contribution in [0.1, 0.15) is 12.5 Å². The zero-order valence-electron chi connectivity index (χ0n) is 18.8. The Bertz CT molecular complexity index is 1210. The smallest absolute Gasteiger partial charge is 0.481 e. The number of carboxylic acids is 1.